The molecule has 3 nitrogen and oxygen atoms in total. The van der Waals surface area contributed by atoms with Gasteiger partial charge in [0.15, 0.2) is 11.6 Å². The molecule has 1 rings (SSSR count). The van der Waals surface area contributed by atoms with Gasteiger partial charge in [0.1, 0.15) is 0 Å². The summed E-state index contributed by atoms with van der Waals surface area (Å²) in [7, 11) is 0. The highest BCUT2D eigenvalue weighted by atomic mass is 32.1. The summed E-state index contributed by atoms with van der Waals surface area (Å²) in [4.78, 5) is 11.9. The zero-order valence-corrected chi connectivity index (χ0v) is 10.9. The highest BCUT2D eigenvalue weighted by Gasteiger charge is 2.23. The van der Waals surface area contributed by atoms with Crippen molar-refractivity contribution in [1.82, 2.24) is 5.32 Å². The Bertz CT molecular complexity index is 489. The van der Waals surface area contributed by atoms with Crippen molar-refractivity contribution in [3.8, 4) is 0 Å². The van der Waals surface area contributed by atoms with Gasteiger partial charge in [-0.15, -0.1) is 0 Å². The molecule has 3 N–H and O–H groups in total. The minimum absolute atomic E-state index is 0.150. The number of halogens is 2. The zero-order chi connectivity index (χ0) is 13.9. The average Bonchev–Trinajstić information content (AvgIpc) is 2.29. The minimum atomic E-state index is -1.16. The van der Waals surface area contributed by atoms with Crippen LogP contribution in [0.4, 0.5) is 8.78 Å². The Morgan fingerprint density at radius 1 is 1.44 bits per heavy atom. The first-order chi connectivity index (χ1) is 8.25. The lowest BCUT2D eigenvalue weighted by Crippen LogP contribution is -2.41. The molecular weight excluding hydrogens is 258 g/mol. The van der Waals surface area contributed by atoms with E-state index in [2.05, 4.69) is 5.32 Å². The summed E-state index contributed by atoms with van der Waals surface area (Å²) >= 11 is 4.84. The van der Waals surface area contributed by atoms with E-state index in [-0.39, 0.29) is 17.1 Å². The van der Waals surface area contributed by atoms with E-state index in [1.165, 1.54) is 12.1 Å². The summed E-state index contributed by atoms with van der Waals surface area (Å²) in [5.41, 5.74) is 4.57. The molecule has 98 valence electrons. The summed E-state index contributed by atoms with van der Waals surface area (Å²) in [5.74, 6) is -2.92. The second-order valence-corrected chi connectivity index (χ2v) is 4.97. The van der Waals surface area contributed by atoms with E-state index in [9.17, 15) is 13.6 Å². The Labute approximate surface area is 109 Å². The monoisotopic (exact) mass is 272 g/mol. The number of rotatable bonds is 4. The van der Waals surface area contributed by atoms with Crippen LogP contribution in [0.2, 0.25) is 0 Å². The van der Waals surface area contributed by atoms with E-state index in [1.807, 2.05) is 0 Å². The summed E-state index contributed by atoms with van der Waals surface area (Å²) in [6.07, 6.45) is 0. The van der Waals surface area contributed by atoms with Crippen LogP contribution in [0.15, 0.2) is 18.2 Å². The van der Waals surface area contributed by atoms with Gasteiger partial charge in [0.2, 0.25) is 0 Å². The van der Waals surface area contributed by atoms with E-state index in [0.29, 0.717) is 0 Å². The van der Waals surface area contributed by atoms with Gasteiger partial charge in [0.05, 0.1) is 10.6 Å². The van der Waals surface area contributed by atoms with Gasteiger partial charge < -0.3 is 11.1 Å². The standard InChI is InChI=1S/C12H14F2N2OS/c1-12(2,11(15)18)6-16-10(17)7-4-3-5-8(13)9(7)14/h3-5H,6H2,1-2H3,(H2,15,18)(H,16,17). The number of benzene rings is 1. The lowest BCUT2D eigenvalue weighted by atomic mass is 9.93. The van der Waals surface area contributed by atoms with Crippen LogP contribution in [0.5, 0.6) is 0 Å². The molecule has 0 aromatic heterocycles. The van der Waals surface area contributed by atoms with Crippen molar-refractivity contribution in [3.63, 3.8) is 0 Å². The van der Waals surface area contributed by atoms with Gasteiger partial charge in [-0.25, -0.2) is 8.78 Å². The number of thiocarbonyl (C=S) groups is 1. The molecule has 0 aliphatic heterocycles. The first-order valence-corrected chi connectivity index (χ1v) is 5.68. The number of nitrogens with one attached hydrogen (secondary N) is 1. The van der Waals surface area contributed by atoms with Crippen molar-refractivity contribution in [2.24, 2.45) is 11.1 Å². The highest BCUT2D eigenvalue weighted by molar-refractivity contribution is 7.80. The molecule has 1 aromatic rings. The van der Waals surface area contributed by atoms with Crippen LogP contribution in [0.1, 0.15) is 24.2 Å². The highest BCUT2D eigenvalue weighted by Crippen LogP contribution is 2.15. The number of carbonyl (C=O) groups excluding carboxylic acids is 1. The molecule has 0 spiro atoms. The second kappa shape index (κ2) is 5.39. The molecule has 0 aliphatic rings. The van der Waals surface area contributed by atoms with Crippen molar-refractivity contribution < 1.29 is 13.6 Å². The number of hydrogen-bond donors (Lipinski definition) is 2. The predicted molar refractivity (Wildman–Crippen MR) is 69.3 cm³/mol. The first-order valence-electron chi connectivity index (χ1n) is 5.28. The molecule has 0 aliphatic carbocycles. The Morgan fingerprint density at radius 3 is 2.61 bits per heavy atom. The van der Waals surface area contributed by atoms with Gasteiger partial charge in [0, 0.05) is 12.0 Å². The third-order valence-corrected chi connectivity index (χ3v) is 3.11. The molecular formula is C12H14F2N2OS. The average molecular weight is 272 g/mol. The smallest absolute Gasteiger partial charge is 0.254 e. The lowest BCUT2D eigenvalue weighted by molar-refractivity contribution is 0.0940. The van der Waals surface area contributed by atoms with Gasteiger partial charge >= 0.3 is 0 Å². The second-order valence-electron chi connectivity index (χ2n) is 4.53. The number of hydrogen-bond acceptors (Lipinski definition) is 2. The van der Waals surface area contributed by atoms with Crippen LogP contribution >= 0.6 is 12.2 Å². The summed E-state index contributed by atoms with van der Waals surface area (Å²) in [5, 5.41) is 2.48. The molecule has 6 heteroatoms. The maximum atomic E-state index is 13.3. The topological polar surface area (TPSA) is 55.1 Å². The summed E-state index contributed by atoms with van der Waals surface area (Å²) < 4.78 is 26.3. The van der Waals surface area contributed by atoms with E-state index in [4.69, 9.17) is 18.0 Å². The SMILES string of the molecule is CC(C)(CNC(=O)c1cccc(F)c1F)C(N)=S. The third kappa shape index (κ3) is 3.22. The largest absolute Gasteiger partial charge is 0.393 e. The van der Waals surface area contributed by atoms with Crippen molar-refractivity contribution in [2.75, 3.05) is 6.54 Å². The number of carbonyl (C=O) groups is 1. The Balaban J connectivity index is 2.78. The molecule has 0 fully saturated rings. The fraction of sp³-hybridized carbons (Fsp3) is 0.333. The summed E-state index contributed by atoms with van der Waals surface area (Å²) in [6, 6.07) is 3.43. The quantitative estimate of drug-likeness (QED) is 0.824. The van der Waals surface area contributed by atoms with Crippen LogP contribution in [0.3, 0.4) is 0 Å². The minimum Gasteiger partial charge on any atom is -0.393 e. The van der Waals surface area contributed by atoms with Crippen LogP contribution < -0.4 is 11.1 Å². The maximum absolute atomic E-state index is 13.3. The predicted octanol–water partition coefficient (Wildman–Crippen LogP) is 2.01. The van der Waals surface area contributed by atoms with Crippen molar-refractivity contribution in [1.29, 1.82) is 0 Å². The molecule has 0 heterocycles. The Morgan fingerprint density at radius 2 is 2.06 bits per heavy atom. The molecule has 0 bridgehead atoms. The van der Waals surface area contributed by atoms with E-state index in [0.717, 1.165) is 6.07 Å². The third-order valence-electron chi connectivity index (χ3n) is 2.55. The number of nitrogens with two attached hydrogens (primary N) is 1. The molecule has 0 unspecified atom stereocenters. The van der Waals surface area contributed by atoms with Gasteiger partial charge in [-0.1, -0.05) is 32.1 Å². The lowest BCUT2D eigenvalue weighted by Gasteiger charge is -2.23. The Hall–Kier alpha value is -1.56. The van der Waals surface area contributed by atoms with Crippen LogP contribution in [-0.2, 0) is 0 Å². The van der Waals surface area contributed by atoms with Crippen molar-refractivity contribution in [3.05, 3.63) is 35.4 Å². The van der Waals surface area contributed by atoms with Gasteiger partial charge in [-0.3, -0.25) is 4.79 Å². The van der Waals surface area contributed by atoms with Gasteiger partial charge in [-0.2, -0.15) is 0 Å². The molecule has 0 radical (unpaired) electrons. The van der Waals surface area contributed by atoms with Crippen LogP contribution in [-0.4, -0.2) is 17.4 Å². The molecule has 0 saturated carbocycles. The van der Waals surface area contributed by atoms with Gasteiger partial charge in [0.25, 0.3) is 5.91 Å². The molecule has 0 atom stereocenters. The normalized spacial score (nSPS) is 11.1. The molecule has 0 saturated heterocycles. The first kappa shape index (κ1) is 14.5. The summed E-state index contributed by atoms with van der Waals surface area (Å²) in [6.45, 7) is 3.65. The zero-order valence-electron chi connectivity index (χ0n) is 10.1. The van der Waals surface area contributed by atoms with E-state index < -0.39 is 23.0 Å². The van der Waals surface area contributed by atoms with Gasteiger partial charge in [-0.05, 0) is 12.1 Å². The maximum Gasteiger partial charge on any atom is 0.254 e. The number of amides is 1. The fourth-order valence-corrected chi connectivity index (χ4v) is 1.23. The van der Waals surface area contributed by atoms with Crippen LogP contribution in [0, 0.1) is 17.0 Å². The van der Waals surface area contributed by atoms with Crippen molar-refractivity contribution in [2.45, 2.75) is 13.8 Å². The van der Waals surface area contributed by atoms with E-state index in [1.54, 1.807) is 13.8 Å². The van der Waals surface area contributed by atoms with Crippen LogP contribution in [0.25, 0.3) is 0 Å². The molecule has 1 aromatic carbocycles. The van der Waals surface area contributed by atoms with Crippen molar-refractivity contribution >= 4 is 23.1 Å². The molecule has 18 heavy (non-hydrogen) atoms. The Kier molecular flexibility index (Phi) is 4.34. The molecule has 1 amide bonds. The fourth-order valence-electron chi connectivity index (χ4n) is 1.16. The van der Waals surface area contributed by atoms with E-state index >= 15 is 0 Å².